The van der Waals surface area contributed by atoms with E-state index in [0.29, 0.717) is 5.41 Å². The van der Waals surface area contributed by atoms with Gasteiger partial charge in [-0.05, 0) is 82.3 Å². The molecule has 0 spiro atoms. The molecule has 2 atom stereocenters. The number of hydrogen-bond acceptors (Lipinski definition) is 3. The van der Waals surface area contributed by atoms with E-state index >= 15 is 0 Å². The fraction of sp³-hybridized carbons (Fsp3) is 0.600. The summed E-state index contributed by atoms with van der Waals surface area (Å²) >= 11 is 0. The van der Waals surface area contributed by atoms with Gasteiger partial charge in [-0.15, -0.1) is 0 Å². The summed E-state index contributed by atoms with van der Waals surface area (Å²) in [6, 6.07) is 1.90. The van der Waals surface area contributed by atoms with Gasteiger partial charge in [0.2, 0.25) is 0 Å². The number of rotatable bonds is 7. The van der Waals surface area contributed by atoms with Crippen molar-refractivity contribution in [1.29, 1.82) is 0 Å². The van der Waals surface area contributed by atoms with Crippen molar-refractivity contribution in [3.63, 3.8) is 0 Å². The van der Waals surface area contributed by atoms with Crippen molar-refractivity contribution in [1.82, 2.24) is 0 Å². The van der Waals surface area contributed by atoms with Crippen LogP contribution in [-0.4, -0.2) is 11.4 Å². The van der Waals surface area contributed by atoms with Crippen LogP contribution in [-0.2, 0) is 4.74 Å². The standard InChI is InChI=1S/C25H36O3/c1-18(10-12-22-19(2)8-6-15-25(22,3)4)7-5-9-20-11-13-23(28-24(20)26)21-14-16-27-17-21/h7,11,14,16-17,23-24,26H,5-6,8-10,12-13,15H2,1-4H3/b18-7+/t23-,24?/m1/s1. The highest BCUT2D eigenvalue weighted by atomic mass is 16.6. The quantitative estimate of drug-likeness (QED) is 0.514. The Hall–Kier alpha value is -1.58. The number of furan rings is 1. The fourth-order valence-corrected chi connectivity index (χ4v) is 4.69. The van der Waals surface area contributed by atoms with Crippen LogP contribution in [0.4, 0.5) is 0 Å². The van der Waals surface area contributed by atoms with Gasteiger partial charge < -0.3 is 14.3 Å². The molecular formula is C25H36O3. The second-order valence-corrected chi connectivity index (χ2v) is 9.13. The van der Waals surface area contributed by atoms with E-state index < -0.39 is 6.29 Å². The lowest BCUT2D eigenvalue weighted by Gasteiger charge is -2.35. The van der Waals surface area contributed by atoms with Gasteiger partial charge in [-0.2, -0.15) is 0 Å². The van der Waals surface area contributed by atoms with Gasteiger partial charge in [0.15, 0.2) is 6.29 Å². The largest absolute Gasteiger partial charge is 0.472 e. The van der Waals surface area contributed by atoms with Crippen LogP contribution >= 0.6 is 0 Å². The maximum Gasteiger partial charge on any atom is 0.177 e. The summed E-state index contributed by atoms with van der Waals surface area (Å²) in [5.74, 6) is 0. The molecule has 1 aromatic heterocycles. The molecule has 0 saturated heterocycles. The monoisotopic (exact) mass is 384 g/mol. The van der Waals surface area contributed by atoms with Gasteiger partial charge in [0.25, 0.3) is 0 Å². The second-order valence-electron chi connectivity index (χ2n) is 9.13. The first kappa shape index (κ1) is 21.1. The van der Waals surface area contributed by atoms with Gasteiger partial charge in [0.05, 0.1) is 18.6 Å². The molecule has 28 heavy (non-hydrogen) atoms. The zero-order valence-electron chi connectivity index (χ0n) is 18.0. The first-order valence-electron chi connectivity index (χ1n) is 10.8. The van der Waals surface area contributed by atoms with Crippen LogP contribution in [0, 0.1) is 5.41 Å². The molecule has 1 unspecified atom stereocenters. The lowest BCUT2D eigenvalue weighted by Crippen LogP contribution is -2.22. The van der Waals surface area contributed by atoms with E-state index in [-0.39, 0.29) is 6.10 Å². The molecular weight excluding hydrogens is 348 g/mol. The maximum atomic E-state index is 10.3. The third kappa shape index (κ3) is 5.27. The van der Waals surface area contributed by atoms with Gasteiger partial charge in [-0.3, -0.25) is 0 Å². The lowest BCUT2D eigenvalue weighted by atomic mass is 9.71. The average molecular weight is 385 g/mol. The summed E-state index contributed by atoms with van der Waals surface area (Å²) in [5, 5.41) is 10.3. The Morgan fingerprint density at radius 2 is 2.14 bits per heavy atom. The average Bonchev–Trinajstić information content (AvgIpc) is 3.17. The van der Waals surface area contributed by atoms with Gasteiger partial charge >= 0.3 is 0 Å². The van der Waals surface area contributed by atoms with Crippen molar-refractivity contribution in [3.05, 3.63) is 58.6 Å². The highest BCUT2D eigenvalue weighted by Gasteiger charge is 2.28. The van der Waals surface area contributed by atoms with Gasteiger partial charge in [-0.1, -0.05) is 42.7 Å². The van der Waals surface area contributed by atoms with Crippen LogP contribution in [0.15, 0.2) is 57.5 Å². The second kappa shape index (κ2) is 9.28. The Bertz CT molecular complexity index is 734. The molecule has 0 radical (unpaired) electrons. The molecule has 0 amide bonds. The highest BCUT2D eigenvalue weighted by molar-refractivity contribution is 5.24. The van der Waals surface area contributed by atoms with Crippen LogP contribution in [0.1, 0.15) is 90.7 Å². The highest BCUT2D eigenvalue weighted by Crippen LogP contribution is 2.42. The van der Waals surface area contributed by atoms with Crippen molar-refractivity contribution < 1.29 is 14.3 Å². The number of aliphatic hydroxyl groups excluding tert-OH is 1. The lowest BCUT2D eigenvalue weighted by molar-refractivity contribution is -0.122. The van der Waals surface area contributed by atoms with Crippen molar-refractivity contribution in [2.45, 2.75) is 91.5 Å². The molecule has 3 rings (SSSR count). The minimum absolute atomic E-state index is 0.106. The van der Waals surface area contributed by atoms with E-state index in [0.717, 1.165) is 36.8 Å². The first-order chi connectivity index (χ1) is 13.4. The molecule has 3 heteroatoms. The molecule has 0 bridgehead atoms. The van der Waals surface area contributed by atoms with Crippen molar-refractivity contribution in [3.8, 4) is 0 Å². The molecule has 1 aliphatic heterocycles. The number of ether oxygens (including phenoxy) is 1. The summed E-state index contributed by atoms with van der Waals surface area (Å²) < 4.78 is 10.9. The normalized spacial score (nSPS) is 25.8. The predicted octanol–water partition coefficient (Wildman–Crippen LogP) is 7.02. The summed E-state index contributed by atoms with van der Waals surface area (Å²) in [7, 11) is 0. The van der Waals surface area contributed by atoms with Crippen molar-refractivity contribution in [2.24, 2.45) is 5.41 Å². The smallest absolute Gasteiger partial charge is 0.177 e. The van der Waals surface area contributed by atoms with Crippen molar-refractivity contribution >= 4 is 0 Å². The Balaban J connectivity index is 1.48. The topological polar surface area (TPSA) is 42.6 Å². The Morgan fingerprint density at radius 3 is 2.82 bits per heavy atom. The third-order valence-corrected chi connectivity index (χ3v) is 6.50. The van der Waals surface area contributed by atoms with Crippen LogP contribution in [0.3, 0.4) is 0 Å². The molecule has 1 N–H and O–H groups in total. The first-order valence-corrected chi connectivity index (χ1v) is 10.8. The molecule has 0 aromatic carbocycles. The zero-order valence-corrected chi connectivity index (χ0v) is 18.0. The fourth-order valence-electron chi connectivity index (χ4n) is 4.69. The molecule has 3 nitrogen and oxygen atoms in total. The maximum absolute atomic E-state index is 10.3. The van der Waals surface area contributed by atoms with E-state index in [1.807, 2.05) is 6.07 Å². The minimum atomic E-state index is -0.807. The Morgan fingerprint density at radius 1 is 1.32 bits per heavy atom. The van der Waals surface area contributed by atoms with Gasteiger partial charge in [0.1, 0.15) is 0 Å². The van der Waals surface area contributed by atoms with Gasteiger partial charge in [0, 0.05) is 5.56 Å². The molecule has 0 fully saturated rings. The van der Waals surface area contributed by atoms with Crippen LogP contribution in [0.2, 0.25) is 0 Å². The zero-order chi connectivity index (χ0) is 20.1. The third-order valence-electron chi connectivity index (χ3n) is 6.50. The summed E-state index contributed by atoms with van der Waals surface area (Å²) in [6.45, 7) is 9.36. The van der Waals surface area contributed by atoms with Crippen molar-refractivity contribution in [2.75, 3.05) is 0 Å². The molecule has 1 aliphatic carbocycles. The van der Waals surface area contributed by atoms with E-state index in [1.165, 1.54) is 31.3 Å². The molecule has 2 aliphatic rings. The van der Waals surface area contributed by atoms with E-state index in [1.54, 1.807) is 23.7 Å². The molecule has 0 saturated carbocycles. The molecule has 2 heterocycles. The Kier molecular flexibility index (Phi) is 7.00. The van der Waals surface area contributed by atoms with E-state index in [2.05, 4.69) is 39.8 Å². The van der Waals surface area contributed by atoms with E-state index in [9.17, 15) is 5.11 Å². The van der Waals surface area contributed by atoms with E-state index in [4.69, 9.17) is 9.15 Å². The summed E-state index contributed by atoms with van der Waals surface area (Å²) in [5.41, 5.74) is 7.09. The molecule has 154 valence electrons. The van der Waals surface area contributed by atoms with Crippen LogP contribution < -0.4 is 0 Å². The summed E-state index contributed by atoms with van der Waals surface area (Å²) in [6.07, 6.45) is 15.7. The minimum Gasteiger partial charge on any atom is -0.472 e. The van der Waals surface area contributed by atoms with Gasteiger partial charge in [-0.25, -0.2) is 0 Å². The van der Waals surface area contributed by atoms with Crippen LogP contribution in [0.25, 0.3) is 0 Å². The number of allylic oxidation sites excluding steroid dienone is 4. The number of hydrogen-bond donors (Lipinski definition) is 1. The summed E-state index contributed by atoms with van der Waals surface area (Å²) in [4.78, 5) is 0. The SMILES string of the molecule is CC1=C(CC/C(C)=C/CCC2=CC[C@H](c3ccoc3)OC2O)C(C)(C)CCC1. The molecule has 1 aromatic rings. The number of aliphatic hydroxyl groups is 1. The Labute approximate surface area is 170 Å². The predicted molar refractivity (Wildman–Crippen MR) is 114 cm³/mol. The van der Waals surface area contributed by atoms with Crippen LogP contribution in [0.5, 0.6) is 0 Å².